The summed E-state index contributed by atoms with van der Waals surface area (Å²) in [6.45, 7) is 4.65. The first-order valence-electron chi connectivity index (χ1n) is 9.54. The van der Waals surface area contributed by atoms with Crippen LogP contribution in [0.2, 0.25) is 0 Å². The van der Waals surface area contributed by atoms with Crippen LogP contribution in [0.3, 0.4) is 0 Å². The summed E-state index contributed by atoms with van der Waals surface area (Å²) in [6, 6.07) is 13.1. The second kappa shape index (κ2) is 9.28. The Labute approximate surface area is 169 Å². The van der Waals surface area contributed by atoms with Gasteiger partial charge in [0, 0.05) is 23.4 Å². The molecule has 152 valence electrons. The van der Waals surface area contributed by atoms with Gasteiger partial charge in [0.2, 0.25) is 5.91 Å². The van der Waals surface area contributed by atoms with Crippen molar-refractivity contribution in [1.82, 2.24) is 5.32 Å². The molecule has 6 nitrogen and oxygen atoms in total. The third kappa shape index (κ3) is 5.16. The standard InChI is InChI=1S/C23H25NO5/c1-15-5-4-6-18(13-15)28-12-11-24-22(25)10-9-20-16(2)19-8-7-17(27-3)14-21(19)29-23(20)26/h4-8,13-14H,9-12H2,1-3H3,(H,24,25). The molecule has 0 radical (unpaired) electrons. The first-order chi connectivity index (χ1) is 14.0. The summed E-state index contributed by atoms with van der Waals surface area (Å²) in [5.41, 5.74) is 2.53. The predicted molar refractivity (Wildman–Crippen MR) is 112 cm³/mol. The number of aryl methyl sites for hydroxylation is 2. The van der Waals surface area contributed by atoms with Gasteiger partial charge < -0.3 is 19.2 Å². The summed E-state index contributed by atoms with van der Waals surface area (Å²) >= 11 is 0. The zero-order valence-corrected chi connectivity index (χ0v) is 16.9. The van der Waals surface area contributed by atoms with Gasteiger partial charge in [0.25, 0.3) is 0 Å². The number of hydrogen-bond donors (Lipinski definition) is 1. The fourth-order valence-corrected chi connectivity index (χ4v) is 3.18. The zero-order chi connectivity index (χ0) is 20.8. The molecule has 29 heavy (non-hydrogen) atoms. The van der Waals surface area contributed by atoms with Crippen molar-refractivity contribution in [2.45, 2.75) is 26.7 Å². The van der Waals surface area contributed by atoms with Crippen LogP contribution in [0.4, 0.5) is 0 Å². The van der Waals surface area contributed by atoms with Crippen molar-refractivity contribution >= 4 is 16.9 Å². The Balaban J connectivity index is 1.54. The van der Waals surface area contributed by atoms with E-state index in [1.807, 2.05) is 50.2 Å². The minimum Gasteiger partial charge on any atom is -0.497 e. The van der Waals surface area contributed by atoms with Crippen LogP contribution in [0.5, 0.6) is 11.5 Å². The summed E-state index contributed by atoms with van der Waals surface area (Å²) in [5.74, 6) is 1.27. The van der Waals surface area contributed by atoms with E-state index in [1.165, 1.54) is 0 Å². The molecule has 0 aliphatic rings. The van der Waals surface area contributed by atoms with Crippen molar-refractivity contribution in [3.05, 3.63) is 69.6 Å². The number of nitrogens with one attached hydrogen (secondary N) is 1. The summed E-state index contributed by atoms with van der Waals surface area (Å²) in [5, 5.41) is 3.66. The summed E-state index contributed by atoms with van der Waals surface area (Å²) < 4.78 is 16.2. The monoisotopic (exact) mass is 395 g/mol. The minimum absolute atomic E-state index is 0.133. The number of carbonyl (C=O) groups excluding carboxylic acids is 1. The van der Waals surface area contributed by atoms with Crippen molar-refractivity contribution in [3.8, 4) is 11.5 Å². The zero-order valence-electron chi connectivity index (χ0n) is 16.9. The van der Waals surface area contributed by atoms with Crippen molar-refractivity contribution < 1.29 is 18.7 Å². The highest BCUT2D eigenvalue weighted by Gasteiger charge is 2.13. The molecule has 0 aliphatic heterocycles. The van der Waals surface area contributed by atoms with Gasteiger partial charge >= 0.3 is 5.63 Å². The molecule has 1 heterocycles. The van der Waals surface area contributed by atoms with Crippen LogP contribution >= 0.6 is 0 Å². The molecule has 1 N–H and O–H groups in total. The van der Waals surface area contributed by atoms with Crippen LogP contribution in [0.1, 0.15) is 23.1 Å². The Kier molecular flexibility index (Phi) is 6.54. The van der Waals surface area contributed by atoms with Crippen molar-refractivity contribution in [2.24, 2.45) is 0 Å². The number of ether oxygens (including phenoxy) is 2. The van der Waals surface area contributed by atoms with Crippen LogP contribution in [-0.2, 0) is 11.2 Å². The molecule has 0 atom stereocenters. The topological polar surface area (TPSA) is 77.8 Å². The van der Waals surface area contributed by atoms with Gasteiger partial charge in [-0.1, -0.05) is 12.1 Å². The predicted octanol–water partition coefficient (Wildman–Crippen LogP) is 3.55. The first kappa shape index (κ1) is 20.5. The maximum absolute atomic E-state index is 12.4. The number of benzene rings is 2. The highest BCUT2D eigenvalue weighted by molar-refractivity contribution is 5.82. The van der Waals surface area contributed by atoms with E-state index in [2.05, 4.69) is 5.32 Å². The SMILES string of the molecule is COc1ccc2c(C)c(CCC(=O)NCCOc3cccc(C)c3)c(=O)oc2c1. The van der Waals surface area contributed by atoms with Gasteiger partial charge in [-0.05, 0) is 55.7 Å². The van der Waals surface area contributed by atoms with Crippen LogP contribution in [0.25, 0.3) is 11.0 Å². The highest BCUT2D eigenvalue weighted by Crippen LogP contribution is 2.24. The van der Waals surface area contributed by atoms with Crippen LogP contribution in [0.15, 0.2) is 51.7 Å². The Morgan fingerprint density at radius 1 is 1.10 bits per heavy atom. The van der Waals surface area contributed by atoms with Crippen molar-refractivity contribution in [2.75, 3.05) is 20.3 Å². The number of carbonyl (C=O) groups is 1. The van der Waals surface area contributed by atoms with Crippen molar-refractivity contribution in [3.63, 3.8) is 0 Å². The van der Waals surface area contributed by atoms with E-state index in [1.54, 1.807) is 13.2 Å². The third-order valence-corrected chi connectivity index (χ3v) is 4.78. The maximum atomic E-state index is 12.4. The largest absolute Gasteiger partial charge is 0.497 e. The number of fused-ring (bicyclic) bond motifs is 1. The van der Waals surface area contributed by atoms with Gasteiger partial charge in [-0.3, -0.25) is 4.79 Å². The molecule has 0 aliphatic carbocycles. The lowest BCUT2D eigenvalue weighted by atomic mass is 10.0. The Bertz CT molecular complexity index is 1070. The lowest BCUT2D eigenvalue weighted by molar-refractivity contribution is -0.121. The van der Waals surface area contributed by atoms with E-state index in [4.69, 9.17) is 13.9 Å². The molecule has 3 rings (SSSR count). The molecule has 0 saturated heterocycles. The Morgan fingerprint density at radius 3 is 2.69 bits per heavy atom. The molecule has 0 saturated carbocycles. The van der Waals surface area contributed by atoms with Crippen molar-refractivity contribution in [1.29, 1.82) is 0 Å². The van der Waals surface area contributed by atoms with Gasteiger partial charge in [0.05, 0.1) is 13.7 Å². The second-order valence-corrected chi connectivity index (χ2v) is 6.87. The lowest BCUT2D eigenvalue weighted by Crippen LogP contribution is -2.28. The van der Waals surface area contributed by atoms with E-state index in [-0.39, 0.29) is 12.3 Å². The van der Waals surface area contributed by atoms with E-state index < -0.39 is 5.63 Å². The number of rotatable bonds is 8. The van der Waals surface area contributed by atoms with Gasteiger partial charge in [-0.2, -0.15) is 0 Å². The van der Waals surface area contributed by atoms with Gasteiger partial charge in [0.15, 0.2) is 0 Å². The summed E-state index contributed by atoms with van der Waals surface area (Å²) in [4.78, 5) is 24.5. The smallest absolute Gasteiger partial charge is 0.339 e. The van der Waals surface area contributed by atoms with E-state index in [9.17, 15) is 9.59 Å². The van der Waals surface area contributed by atoms with Gasteiger partial charge in [-0.25, -0.2) is 4.79 Å². The molecule has 1 aromatic heterocycles. The summed E-state index contributed by atoms with van der Waals surface area (Å²) in [7, 11) is 1.56. The molecule has 6 heteroatoms. The van der Waals surface area contributed by atoms with Gasteiger partial charge in [-0.15, -0.1) is 0 Å². The van der Waals surface area contributed by atoms with Crippen LogP contribution in [-0.4, -0.2) is 26.2 Å². The Morgan fingerprint density at radius 2 is 1.93 bits per heavy atom. The first-order valence-corrected chi connectivity index (χ1v) is 9.54. The van der Waals surface area contributed by atoms with Crippen LogP contribution in [0, 0.1) is 13.8 Å². The number of hydrogen-bond acceptors (Lipinski definition) is 5. The summed E-state index contributed by atoms with van der Waals surface area (Å²) in [6.07, 6.45) is 0.526. The average molecular weight is 395 g/mol. The normalized spacial score (nSPS) is 10.7. The lowest BCUT2D eigenvalue weighted by Gasteiger charge is -2.10. The molecule has 0 spiro atoms. The average Bonchev–Trinajstić information content (AvgIpc) is 2.70. The fraction of sp³-hybridized carbons (Fsp3) is 0.304. The highest BCUT2D eigenvalue weighted by atomic mass is 16.5. The van der Waals surface area contributed by atoms with Crippen LogP contribution < -0.4 is 20.4 Å². The fourth-order valence-electron chi connectivity index (χ4n) is 3.18. The quantitative estimate of drug-likeness (QED) is 0.466. The van der Waals surface area contributed by atoms with E-state index >= 15 is 0 Å². The third-order valence-electron chi connectivity index (χ3n) is 4.78. The molecular weight excluding hydrogens is 370 g/mol. The Hall–Kier alpha value is -3.28. The second-order valence-electron chi connectivity index (χ2n) is 6.87. The number of amides is 1. The molecule has 1 amide bonds. The molecule has 0 bridgehead atoms. The molecule has 2 aromatic carbocycles. The van der Waals surface area contributed by atoms with E-state index in [0.29, 0.717) is 36.5 Å². The number of methoxy groups -OCH3 is 1. The maximum Gasteiger partial charge on any atom is 0.339 e. The minimum atomic E-state index is -0.418. The molecule has 3 aromatic rings. The molecule has 0 unspecified atom stereocenters. The molecular formula is C23H25NO5. The van der Waals surface area contributed by atoms with E-state index in [0.717, 1.165) is 22.3 Å². The van der Waals surface area contributed by atoms with Gasteiger partial charge in [0.1, 0.15) is 23.7 Å². The molecule has 0 fully saturated rings.